The molecule has 19 heavy (non-hydrogen) atoms. The zero-order chi connectivity index (χ0) is 14.4. The van der Waals surface area contributed by atoms with Crippen LogP contribution in [0.25, 0.3) is 0 Å². The fourth-order valence-electron chi connectivity index (χ4n) is 2.55. The van der Waals surface area contributed by atoms with Crippen LogP contribution in [-0.2, 0) is 15.6 Å². The first-order valence-corrected chi connectivity index (χ1v) is 6.49. The van der Waals surface area contributed by atoms with Gasteiger partial charge in [0.2, 0.25) is 0 Å². The van der Waals surface area contributed by atoms with Crippen LogP contribution in [-0.4, -0.2) is 21.3 Å². The van der Waals surface area contributed by atoms with Crippen molar-refractivity contribution in [2.45, 2.75) is 50.9 Å². The first-order valence-electron chi connectivity index (χ1n) is 6.49. The third kappa shape index (κ3) is 2.05. The highest BCUT2D eigenvalue weighted by molar-refractivity contribution is 5.84. The van der Waals surface area contributed by atoms with Gasteiger partial charge in [0.1, 0.15) is 0 Å². The van der Waals surface area contributed by atoms with Crippen LogP contribution in [0.15, 0.2) is 12.1 Å². The summed E-state index contributed by atoms with van der Waals surface area (Å²) >= 11 is 0. The van der Waals surface area contributed by atoms with Gasteiger partial charge in [-0.3, -0.25) is 4.79 Å². The zero-order valence-electron chi connectivity index (χ0n) is 11.5. The van der Waals surface area contributed by atoms with Crippen LogP contribution in [0.2, 0.25) is 0 Å². The van der Waals surface area contributed by atoms with Crippen molar-refractivity contribution in [1.29, 1.82) is 0 Å². The van der Waals surface area contributed by atoms with Crippen LogP contribution in [0.5, 0.6) is 11.5 Å². The van der Waals surface area contributed by atoms with Crippen LogP contribution in [0, 0.1) is 0 Å². The number of carboxylic acids is 1. The lowest BCUT2D eigenvalue weighted by atomic mass is 9.63. The SMILES string of the molecule is CC(C)(C)c1cc(O)c(O)c(C2(C(=O)O)CCC2)c1. The average Bonchev–Trinajstić information content (AvgIpc) is 2.20. The molecule has 0 radical (unpaired) electrons. The highest BCUT2D eigenvalue weighted by Gasteiger charge is 2.48. The van der Waals surface area contributed by atoms with Crippen molar-refractivity contribution in [3.63, 3.8) is 0 Å². The molecule has 0 aromatic heterocycles. The molecule has 0 spiro atoms. The summed E-state index contributed by atoms with van der Waals surface area (Å²) in [6.45, 7) is 5.95. The lowest BCUT2D eigenvalue weighted by Gasteiger charge is -2.39. The van der Waals surface area contributed by atoms with E-state index in [4.69, 9.17) is 0 Å². The van der Waals surface area contributed by atoms with E-state index in [9.17, 15) is 20.1 Å². The van der Waals surface area contributed by atoms with Crippen LogP contribution < -0.4 is 0 Å². The summed E-state index contributed by atoms with van der Waals surface area (Å²) < 4.78 is 0. The minimum absolute atomic E-state index is 0.219. The van der Waals surface area contributed by atoms with Gasteiger partial charge < -0.3 is 15.3 Å². The molecule has 0 atom stereocenters. The summed E-state index contributed by atoms with van der Waals surface area (Å²) in [7, 11) is 0. The molecule has 0 bridgehead atoms. The maximum absolute atomic E-state index is 11.5. The number of hydrogen-bond acceptors (Lipinski definition) is 3. The maximum Gasteiger partial charge on any atom is 0.314 e. The third-order valence-electron chi connectivity index (χ3n) is 4.09. The maximum atomic E-state index is 11.5. The Kier molecular flexibility index (Phi) is 3.00. The number of benzene rings is 1. The minimum Gasteiger partial charge on any atom is -0.504 e. The largest absolute Gasteiger partial charge is 0.504 e. The number of carboxylic acid groups (broad SMARTS) is 1. The zero-order valence-corrected chi connectivity index (χ0v) is 11.5. The highest BCUT2D eigenvalue weighted by atomic mass is 16.4. The molecule has 1 aliphatic carbocycles. The molecule has 1 aromatic rings. The van der Waals surface area contributed by atoms with E-state index in [1.807, 2.05) is 20.8 Å². The summed E-state index contributed by atoms with van der Waals surface area (Å²) in [5.74, 6) is -1.47. The third-order valence-corrected chi connectivity index (χ3v) is 4.09. The molecule has 4 nitrogen and oxygen atoms in total. The van der Waals surface area contributed by atoms with Gasteiger partial charge in [0.15, 0.2) is 11.5 Å². The summed E-state index contributed by atoms with van der Waals surface area (Å²) in [4.78, 5) is 11.5. The minimum atomic E-state index is -1.04. The van der Waals surface area contributed by atoms with Crippen LogP contribution in [0.1, 0.15) is 51.2 Å². The lowest BCUT2D eigenvalue weighted by Crippen LogP contribution is -2.42. The Bertz CT molecular complexity index is 522. The van der Waals surface area contributed by atoms with Crippen LogP contribution >= 0.6 is 0 Å². The van der Waals surface area contributed by atoms with Gasteiger partial charge in [0.05, 0.1) is 5.41 Å². The van der Waals surface area contributed by atoms with E-state index in [-0.39, 0.29) is 16.9 Å². The molecule has 3 N–H and O–H groups in total. The van der Waals surface area contributed by atoms with Crippen molar-refractivity contribution in [2.75, 3.05) is 0 Å². The van der Waals surface area contributed by atoms with E-state index in [2.05, 4.69) is 0 Å². The van der Waals surface area contributed by atoms with Crippen molar-refractivity contribution in [3.05, 3.63) is 23.3 Å². The Hall–Kier alpha value is -1.71. The predicted octanol–water partition coefficient (Wildman–Crippen LogP) is 2.90. The van der Waals surface area contributed by atoms with Gasteiger partial charge in [-0.25, -0.2) is 0 Å². The number of hydrogen-bond donors (Lipinski definition) is 3. The second-order valence-electron chi connectivity index (χ2n) is 6.38. The van der Waals surface area contributed by atoms with Crippen molar-refractivity contribution in [3.8, 4) is 11.5 Å². The number of aromatic hydroxyl groups is 2. The highest BCUT2D eigenvalue weighted by Crippen LogP contribution is 2.50. The molecule has 1 fully saturated rings. The number of phenols is 2. The Labute approximate surface area is 112 Å². The molecule has 0 aliphatic heterocycles. The van der Waals surface area contributed by atoms with E-state index in [0.717, 1.165) is 12.0 Å². The Balaban J connectivity index is 2.63. The summed E-state index contributed by atoms with van der Waals surface area (Å²) in [6, 6.07) is 3.23. The smallest absolute Gasteiger partial charge is 0.314 e. The fraction of sp³-hybridized carbons (Fsp3) is 0.533. The standard InChI is InChI=1S/C15H20O4/c1-14(2,3)9-7-10(12(17)11(16)8-9)15(13(18)19)5-4-6-15/h7-8,16-17H,4-6H2,1-3H3,(H,18,19). The molecular formula is C15H20O4. The molecule has 0 amide bonds. The topological polar surface area (TPSA) is 77.8 Å². The van der Waals surface area contributed by atoms with E-state index >= 15 is 0 Å². The van der Waals surface area contributed by atoms with E-state index in [1.54, 1.807) is 6.07 Å². The van der Waals surface area contributed by atoms with Gasteiger partial charge in [0, 0.05) is 5.56 Å². The Morgan fingerprint density at radius 2 is 1.79 bits per heavy atom. The molecule has 4 heteroatoms. The fourth-order valence-corrected chi connectivity index (χ4v) is 2.55. The molecule has 104 valence electrons. The Morgan fingerprint density at radius 1 is 1.21 bits per heavy atom. The van der Waals surface area contributed by atoms with Crippen molar-refractivity contribution < 1.29 is 20.1 Å². The van der Waals surface area contributed by atoms with Crippen molar-refractivity contribution in [1.82, 2.24) is 0 Å². The van der Waals surface area contributed by atoms with E-state index in [1.165, 1.54) is 6.07 Å². The first-order chi connectivity index (χ1) is 8.68. The predicted molar refractivity (Wildman–Crippen MR) is 71.6 cm³/mol. The summed E-state index contributed by atoms with van der Waals surface area (Å²) in [5, 5.41) is 29.3. The molecule has 2 rings (SSSR count). The monoisotopic (exact) mass is 264 g/mol. The van der Waals surface area contributed by atoms with E-state index in [0.29, 0.717) is 18.4 Å². The lowest BCUT2D eigenvalue weighted by molar-refractivity contribution is -0.147. The van der Waals surface area contributed by atoms with Crippen molar-refractivity contribution >= 4 is 5.97 Å². The second-order valence-corrected chi connectivity index (χ2v) is 6.38. The average molecular weight is 264 g/mol. The van der Waals surface area contributed by atoms with Gasteiger partial charge in [-0.1, -0.05) is 33.3 Å². The normalized spacial score (nSPS) is 17.8. The second kappa shape index (κ2) is 4.15. The van der Waals surface area contributed by atoms with Crippen LogP contribution in [0.4, 0.5) is 0 Å². The molecule has 1 aliphatic rings. The van der Waals surface area contributed by atoms with Gasteiger partial charge in [0.25, 0.3) is 0 Å². The van der Waals surface area contributed by atoms with Gasteiger partial charge >= 0.3 is 5.97 Å². The molecular weight excluding hydrogens is 244 g/mol. The number of aliphatic carboxylic acids is 1. The molecule has 0 heterocycles. The Morgan fingerprint density at radius 3 is 2.16 bits per heavy atom. The molecule has 1 saturated carbocycles. The number of phenolic OH excluding ortho intramolecular Hbond substituents is 2. The van der Waals surface area contributed by atoms with E-state index < -0.39 is 11.4 Å². The van der Waals surface area contributed by atoms with Crippen molar-refractivity contribution in [2.24, 2.45) is 0 Å². The van der Waals surface area contributed by atoms with Gasteiger partial charge in [-0.15, -0.1) is 0 Å². The van der Waals surface area contributed by atoms with Crippen LogP contribution in [0.3, 0.4) is 0 Å². The van der Waals surface area contributed by atoms with Gasteiger partial charge in [-0.05, 0) is 29.9 Å². The summed E-state index contributed by atoms with van der Waals surface area (Å²) in [6.07, 6.45) is 1.83. The molecule has 0 saturated heterocycles. The first kappa shape index (κ1) is 13.7. The number of carbonyl (C=O) groups is 1. The number of rotatable bonds is 2. The molecule has 0 unspecified atom stereocenters. The molecule has 1 aromatic carbocycles. The summed E-state index contributed by atoms with van der Waals surface area (Å²) in [5.41, 5.74) is -0.0897. The van der Waals surface area contributed by atoms with Gasteiger partial charge in [-0.2, -0.15) is 0 Å². The quantitative estimate of drug-likeness (QED) is 0.718.